The summed E-state index contributed by atoms with van der Waals surface area (Å²) in [5.74, 6) is 0.0545. The second kappa shape index (κ2) is 9.24. The maximum Gasteiger partial charge on any atom is 0.278 e. The zero-order valence-electron chi connectivity index (χ0n) is 18.2. The molecule has 5 aromatic rings. The highest BCUT2D eigenvalue weighted by Gasteiger charge is 2.20. The molecule has 13 heteroatoms. The van der Waals surface area contributed by atoms with Crippen molar-refractivity contribution in [2.75, 3.05) is 11.5 Å². The number of anilines is 1. The van der Waals surface area contributed by atoms with Crippen molar-refractivity contribution in [1.29, 1.82) is 0 Å². The SMILES string of the molecule is Cc1cc(N)nn1C(=O)CSc1nc2c(sc(=S)n2Cc2ccco2)c(=O)n1-c1ccc(F)cc1. The molecule has 0 bridgehead atoms. The van der Waals surface area contributed by atoms with E-state index in [4.69, 9.17) is 27.4 Å². The molecule has 0 radical (unpaired) electrons. The van der Waals surface area contributed by atoms with E-state index in [9.17, 15) is 14.0 Å². The molecule has 0 aliphatic rings. The van der Waals surface area contributed by atoms with Crippen LogP contribution in [0.5, 0.6) is 0 Å². The summed E-state index contributed by atoms with van der Waals surface area (Å²) in [7, 11) is 0. The van der Waals surface area contributed by atoms with Crippen molar-refractivity contribution in [1.82, 2.24) is 23.9 Å². The number of benzene rings is 1. The predicted octanol–water partition coefficient (Wildman–Crippen LogP) is 4.28. The molecule has 0 saturated carbocycles. The summed E-state index contributed by atoms with van der Waals surface area (Å²) in [6.45, 7) is 2.02. The largest absolute Gasteiger partial charge is 0.467 e. The number of furan rings is 1. The first-order chi connectivity index (χ1) is 16.8. The molecule has 0 spiro atoms. The first-order valence-corrected chi connectivity index (χ1v) is 12.5. The first kappa shape index (κ1) is 23.2. The highest BCUT2D eigenvalue weighted by atomic mass is 32.2. The lowest BCUT2D eigenvalue weighted by Gasteiger charge is -2.13. The van der Waals surface area contributed by atoms with Gasteiger partial charge in [0.1, 0.15) is 22.1 Å². The number of aromatic nitrogens is 5. The molecule has 0 fully saturated rings. The molecule has 4 aromatic heterocycles. The molecule has 178 valence electrons. The fraction of sp³-hybridized carbons (Fsp3) is 0.136. The number of nitrogen functional groups attached to an aromatic ring is 1. The average molecular weight is 529 g/mol. The Labute approximate surface area is 210 Å². The second-order valence-electron chi connectivity index (χ2n) is 7.50. The van der Waals surface area contributed by atoms with Crippen molar-refractivity contribution in [3.05, 3.63) is 80.3 Å². The highest BCUT2D eigenvalue weighted by molar-refractivity contribution is 7.99. The van der Waals surface area contributed by atoms with Crippen LogP contribution in [0.2, 0.25) is 0 Å². The van der Waals surface area contributed by atoms with Gasteiger partial charge in [-0.1, -0.05) is 23.1 Å². The van der Waals surface area contributed by atoms with Crippen LogP contribution < -0.4 is 11.3 Å². The van der Waals surface area contributed by atoms with Crippen molar-refractivity contribution in [3.8, 4) is 5.69 Å². The molecule has 0 aliphatic carbocycles. The van der Waals surface area contributed by atoms with Crippen LogP contribution in [-0.2, 0) is 6.54 Å². The smallest absolute Gasteiger partial charge is 0.278 e. The number of fused-ring (bicyclic) bond motifs is 1. The molecule has 5 rings (SSSR count). The summed E-state index contributed by atoms with van der Waals surface area (Å²) >= 11 is 7.71. The van der Waals surface area contributed by atoms with Gasteiger partial charge in [0, 0.05) is 11.8 Å². The van der Waals surface area contributed by atoms with E-state index in [1.807, 2.05) is 0 Å². The third-order valence-electron chi connectivity index (χ3n) is 5.10. The van der Waals surface area contributed by atoms with Crippen molar-refractivity contribution < 1.29 is 13.6 Å². The number of hydrogen-bond acceptors (Lipinski definition) is 9. The molecule has 1 aromatic carbocycles. The van der Waals surface area contributed by atoms with Crippen LogP contribution >= 0.6 is 35.3 Å². The lowest BCUT2D eigenvalue weighted by molar-refractivity contribution is 0.0924. The van der Waals surface area contributed by atoms with Gasteiger partial charge in [-0.2, -0.15) is 0 Å². The fourth-order valence-corrected chi connectivity index (χ4v) is 5.63. The van der Waals surface area contributed by atoms with E-state index in [-0.39, 0.29) is 28.2 Å². The lowest BCUT2D eigenvalue weighted by Crippen LogP contribution is -2.23. The Morgan fingerprint density at radius 1 is 1.29 bits per heavy atom. The number of thiazole rings is 1. The maximum absolute atomic E-state index is 13.6. The van der Waals surface area contributed by atoms with Gasteiger partial charge in [0.05, 0.1) is 24.2 Å². The first-order valence-electron chi connectivity index (χ1n) is 10.2. The van der Waals surface area contributed by atoms with Gasteiger partial charge in [-0.3, -0.25) is 18.7 Å². The van der Waals surface area contributed by atoms with E-state index >= 15 is 0 Å². The van der Waals surface area contributed by atoms with E-state index < -0.39 is 5.82 Å². The predicted molar refractivity (Wildman–Crippen MR) is 135 cm³/mol. The minimum absolute atomic E-state index is 0.0653. The highest BCUT2D eigenvalue weighted by Crippen LogP contribution is 2.26. The van der Waals surface area contributed by atoms with Crippen LogP contribution in [0.3, 0.4) is 0 Å². The number of nitrogens with zero attached hydrogens (tertiary/aromatic N) is 5. The zero-order chi connectivity index (χ0) is 24.7. The van der Waals surface area contributed by atoms with Crippen LogP contribution in [0, 0.1) is 16.7 Å². The molecule has 2 N–H and O–H groups in total. The van der Waals surface area contributed by atoms with Gasteiger partial charge >= 0.3 is 0 Å². The molecule has 0 aliphatic heterocycles. The van der Waals surface area contributed by atoms with Crippen molar-refractivity contribution >= 4 is 57.4 Å². The van der Waals surface area contributed by atoms with Crippen molar-refractivity contribution in [3.63, 3.8) is 0 Å². The van der Waals surface area contributed by atoms with Crippen LogP contribution in [0.15, 0.2) is 63.1 Å². The number of aryl methyl sites for hydroxylation is 1. The van der Waals surface area contributed by atoms with E-state index in [0.29, 0.717) is 38.0 Å². The minimum Gasteiger partial charge on any atom is -0.467 e. The molecule has 9 nitrogen and oxygen atoms in total. The van der Waals surface area contributed by atoms with E-state index in [0.717, 1.165) is 23.1 Å². The van der Waals surface area contributed by atoms with Gasteiger partial charge in [0.2, 0.25) is 0 Å². The number of rotatable bonds is 6. The summed E-state index contributed by atoms with van der Waals surface area (Å²) in [6, 6.07) is 10.6. The van der Waals surface area contributed by atoms with Crippen LogP contribution in [0.25, 0.3) is 16.0 Å². The number of carbonyl (C=O) groups is 1. The van der Waals surface area contributed by atoms with E-state index in [1.54, 1.807) is 36.0 Å². The van der Waals surface area contributed by atoms with Crippen LogP contribution in [-0.4, -0.2) is 35.6 Å². The molecule has 0 amide bonds. The monoisotopic (exact) mass is 528 g/mol. The van der Waals surface area contributed by atoms with Crippen LogP contribution in [0.4, 0.5) is 10.2 Å². The number of thioether (sulfide) groups is 1. The Balaban J connectivity index is 1.62. The Kier molecular flexibility index (Phi) is 6.13. The molecular weight excluding hydrogens is 511 g/mol. The third-order valence-corrected chi connectivity index (χ3v) is 7.45. The Bertz CT molecular complexity index is 1670. The molecule has 0 saturated heterocycles. The molecule has 35 heavy (non-hydrogen) atoms. The lowest BCUT2D eigenvalue weighted by atomic mass is 10.3. The summed E-state index contributed by atoms with van der Waals surface area (Å²) in [5, 5.41) is 4.26. The fourth-order valence-electron chi connectivity index (χ4n) is 3.53. The number of halogens is 1. The van der Waals surface area contributed by atoms with E-state index in [2.05, 4.69) is 5.10 Å². The quantitative estimate of drug-likeness (QED) is 0.197. The summed E-state index contributed by atoms with van der Waals surface area (Å²) in [6.07, 6.45) is 1.55. The summed E-state index contributed by atoms with van der Waals surface area (Å²) < 4.78 is 24.1. The Morgan fingerprint density at radius 2 is 2.06 bits per heavy atom. The molecular formula is C22H17FN6O3S3. The van der Waals surface area contributed by atoms with E-state index in [1.165, 1.54) is 33.5 Å². The number of nitrogens with two attached hydrogens (primary N) is 1. The minimum atomic E-state index is -0.438. The Hall–Kier alpha value is -3.55. The van der Waals surface area contributed by atoms with Crippen molar-refractivity contribution in [2.24, 2.45) is 0 Å². The van der Waals surface area contributed by atoms with Gasteiger partial charge in [-0.25, -0.2) is 14.1 Å². The summed E-state index contributed by atoms with van der Waals surface area (Å²) in [5.41, 5.74) is 6.72. The Morgan fingerprint density at radius 3 is 2.71 bits per heavy atom. The normalized spacial score (nSPS) is 11.4. The second-order valence-corrected chi connectivity index (χ2v) is 10.1. The molecule has 4 heterocycles. The third kappa shape index (κ3) is 4.45. The molecule has 0 unspecified atom stereocenters. The maximum atomic E-state index is 13.6. The van der Waals surface area contributed by atoms with Gasteiger partial charge < -0.3 is 10.2 Å². The van der Waals surface area contributed by atoms with Gasteiger partial charge in [0.15, 0.2) is 14.8 Å². The van der Waals surface area contributed by atoms with Gasteiger partial charge in [0.25, 0.3) is 11.5 Å². The average Bonchev–Trinajstić information content (AvgIpc) is 3.54. The van der Waals surface area contributed by atoms with Crippen LogP contribution in [0.1, 0.15) is 16.2 Å². The molecule has 0 atom stereocenters. The topological polar surface area (TPSA) is 114 Å². The number of hydrogen-bond donors (Lipinski definition) is 1. The van der Waals surface area contributed by atoms with Crippen molar-refractivity contribution in [2.45, 2.75) is 18.6 Å². The summed E-state index contributed by atoms with van der Waals surface area (Å²) in [4.78, 5) is 31.1. The number of carbonyl (C=O) groups excluding carboxylic acids is 1. The van der Waals surface area contributed by atoms with Gasteiger partial charge in [-0.05, 0) is 55.5 Å². The zero-order valence-corrected chi connectivity index (χ0v) is 20.6. The standard InChI is InChI=1S/C22H17FN6O3S3/c1-12-9-16(24)26-29(12)17(30)11-34-21-25-19-18(20(31)28(21)14-6-4-13(23)5-7-14)35-22(33)27(19)10-15-3-2-8-32-15/h2-9H,10-11H2,1H3,(H2,24,26). The van der Waals surface area contributed by atoms with Gasteiger partial charge in [-0.15, -0.1) is 5.10 Å².